The number of amides is 1. The van der Waals surface area contributed by atoms with Crippen LogP contribution >= 0.6 is 0 Å². The van der Waals surface area contributed by atoms with Crippen LogP contribution in [-0.4, -0.2) is 32.3 Å². The van der Waals surface area contributed by atoms with E-state index in [-0.39, 0.29) is 29.6 Å². The Kier molecular flexibility index (Phi) is 6.37. The predicted octanol–water partition coefficient (Wildman–Crippen LogP) is 3.24. The van der Waals surface area contributed by atoms with E-state index in [2.05, 4.69) is 0 Å². The normalized spacial score (nSPS) is 15.8. The number of nitrogens with zero attached hydrogens (tertiary/aromatic N) is 1. The number of piperidine rings is 1. The summed E-state index contributed by atoms with van der Waals surface area (Å²) in [5.74, 6) is -0.574. The number of alkyl halides is 3. The standard InChI is InChI=1S/C20H21F3N2O4S/c21-20(22,23)17-7-3-2-6-16(17)14-9-11-25(12-10-14)19(26)13-15-5-1-4-8-18(15)29-30(24,27)28/h1-8,14H,9-13H2,(H2,24,27,28). The highest BCUT2D eigenvalue weighted by molar-refractivity contribution is 7.84. The minimum atomic E-state index is -4.42. The fraction of sp³-hybridized carbons (Fsp3) is 0.350. The van der Waals surface area contributed by atoms with Crippen molar-refractivity contribution in [2.24, 2.45) is 5.14 Å². The molecule has 1 fully saturated rings. The molecule has 10 heteroatoms. The van der Waals surface area contributed by atoms with Crippen LogP contribution in [0.5, 0.6) is 5.75 Å². The average Bonchev–Trinajstić information content (AvgIpc) is 2.68. The summed E-state index contributed by atoms with van der Waals surface area (Å²) in [4.78, 5) is 14.2. The zero-order chi connectivity index (χ0) is 21.9. The highest BCUT2D eigenvalue weighted by Crippen LogP contribution is 2.38. The number of carbonyl (C=O) groups is 1. The van der Waals surface area contributed by atoms with Crippen LogP contribution in [0.15, 0.2) is 48.5 Å². The number of rotatable bonds is 5. The average molecular weight is 442 g/mol. The summed E-state index contributed by atoms with van der Waals surface area (Å²) in [6, 6.07) is 11.7. The third-order valence-electron chi connectivity index (χ3n) is 5.07. The highest BCUT2D eigenvalue weighted by Gasteiger charge is 2.36. The van der Waals surface area contributed by atoms with Crippen LogP contribution in [0.2, 0.25) is 0 Å². The Morgan fingerprint density at radius 2 is 1.67 bits per heavy atom. The zero-order valence-electron chi connectivity index (χ0n) is 15.9. The summed E-state index contributed by atoms with van der Waals surface area (Å²) in [5, 5.41) is 4.90. The Hall–Kier alpha value is -2.59. The summed E-state index contributed by atoms with van der Waals surface area (Å²) >= 11 is 0. The molecule has 1 heterocycles. The maximum Gasteiger partial charge on any atom is 0.416 e. The van der Waals surface area contributed by atoms with Gasteiger partial charge in [-0.2, -0.15) is 26.7 Å². The van der Waals surface area contributed by atoms with Gasteiger partial charge in [0.25, 0.3) is 0 Å². The molecule has 162 valence electrons. The number of nitrogens with two attached hydrogens (primary N) is 1. The monoisotopic (exact) mass is 442 g/mol. The van der Waals surface area contributed by atoms with Crippen LogP contribution in [0, 0.1) is 0 Å². The molecule has 2 aromatic carbocycles. The maximum absolute atomic E-state index is 13.3. The topological polar surface area (TPSA) is 89.7 Å². The Balaban J connectivity index is 1.66. The number of benzene rings is 2. The summed E-state index contributed by atoms with van der Waals surface area (Å²) < 4.78 is 66.9. The first-order chi connectivity index (χ1) is 14.0. The summed E-state index contributed by atoms with van der Waals surface area (Å²) in [6.45, 7) is 0.627. The third-order valence-corrected chi connectivity index (χ3v) is 5.49. The molecule has 0 atom stereocenters. The fourth-order valence-corrected chi connectivity index (χ4v) is 4.09. The van der Waals surface area contributed by atoms with E-state index in [1.54, 1.807) is 29.2 Å². The smallest absolute Gasteiger partial charge is 0.371 e. The molecule has 1 saturated heterocycles. The van der Waals surface area contributed by atoms with Gasteiger partial charge in [-0.15, -0.1) is 0 Å². The Bertz CT molecular complexity index is 1020. The zero-order valence-corrected chi connectivity index (χ0v) is 16.7. The lowest BCUT2D eigenvalue weighted by molar-refractivity contribution is -0.139. The third kappa shape index (κ3) is 5.51. The van der Waals surface area contributed by atoms with Crippen LogP contribution in [-0.2, 0) is 27.7 Å². The first-order valence-corrected chi connectivity index (χ1v) is 10.8. The maximum atomic E-state index is 13.3. The van der Waals surface area contributed by atoms with E-state index in [9.17, 15) is 26.4 Å². The van der Waals surface area contributed by atoms with Crippen molar-refractivity contribution < 1.29 is 30.6 Å². The van der Waals surface area contributed by atoms with Gasteiger partial charge in [-0.25, -0.2) is 0 Å². The lowest BCUT2D eigenvalue weighted by atomic mass is 9.86. The number of hydrogen-bond donors (Lipinski definition) is 1. The van der Waals surface area contributed by atoms with E-state index in [0.717, 1.165) is 6.07 Å². The molecule has 1 aliphatic heterocycles. The van der Waals surface area contributed by atoms with Crippen LogP contribution in [0.1, 0.15) is 35.4 Å². The molecular formula is C20H21F3N2O4S. The van der Waals surface area contributed by atoms with E-state index in [1.165, 1.54) is 18.2 Å². The van der Waals surface area contributed by atoms with E-state index < -0.39 is 22.0 Å². The van der Waals surface area contributed by atoms with E-state index in [1.807, 2.05) is 0 Å². The molecule has 3 rings (SSSR count). The molecule has 30 heavy (non-hydrogen) atoms. The van der Waals surface area contributed by atoms with Crippen molar-refractivity contribution in [1.29, 1.82) is 0 Å². The summed E-state index contributed by atoms with van der Waals surface area (Å²) in [7, 11) is -4.23. The molecule has 2 N–H and O–H groups in total. The molecule has 2 aromatic rings. The minimum absolute atomic E-state index is 0.0256. The number of halogens is 3. The van der Waals surface area contributed by atoms with Crippen LogP contribution in [0.25, 0.3) is 0 Å². The molecule has 0 radical (unpaired) electrons. The van der Waals surface area contributed by atoms with Crippen LogP contribution in [0.3, 0.4) is 0 Å². The first kappa shape index (κ1) is 22.1. The Morgan fingerprint density at radius 1 is 1.07 bits per heavy atom. The first-order valence-electron chi connectivity index (χ1n) is 9.28. The van der Waals surface area contributed by atoms with Crippen molar-refractivity contribution >= 4 is 16.2 Å². The van der Waals surface area contributed by atoms with Crippen molar-refractivity contribution in [2.75, 3.05) is 13.1 Å². The van der Waals surface area contributed by atoms with E-state index in [0.29, 0.717) is 31.5 Å². The van der Waals surface area contributed by atoms with Crippen molar-refractivity contribution in [3.8, 4) is 5.75 Å². The van der Waals surface area contributed by atoms with Gasteiger partial charge in [0.05, 0.1) is 12.0 Å². The van der Waals surface area contributed by atoms with Crippen molar-refractivity contribution in [3.05, 3.63) is 65.2 Å². The molecule has 0 saturated carbocycles. The number of carbonyl (C=O) groups excluding carboxylic acids is 1. The van der Waals surface area contributed by atoms with E-state index >= 15 is 0 Å². The predicted molar refractivity (Wildman–Crippen MR) is 104 cm³/mol. The number of likely N-dealkylation sites (tertiary alicyclic amines) is 1. The molecule has 0 aromatic heterocycles. The van der Waals surface area contributed by atoms with Gasteiger partial charge in [0.1, 0.15) is 5.75 Å². The molecule has 1 aliphatic rings. The molecule has 0 spiro atoms. The Labute approximate surface area is 172 Å². The Morgan fingerprint density at radius 3 is 2.30 bits per heavy atom. The lowest BCUT2D eigenvalue weighted by Gasteiger charge is -2.33. The van der Waals surface area contributed by atoms with Crippen LogP contribution < -0.4 is 9.32 Å². The van der Waals surface area contributed by atoms with E-state index in [4.69, 9.17) is 9.32 Å². The largest absolute Gasteiger partial charge is 0.416 e. The van der Waals surface area contributed by atoms with Gasteiger partial charge in [-0.1, -0.05) is 36.4 Å². The van der Waals surface area contributed by atoms with Crippen LogP contribution in [0.4, 0.5) is 13.2 Å². The fourth-order valence-electron chi connectivity index (χ4n) is 3.68. The molecule has 0 aliphatic carbocycles. The van der Waals surface area contributed by atoms with Crippen molar-refractivity contribution in [2.45, 2.75) is 31.4 Å². The highest BCUT2D eigenvalue weighted by atomic mass is 32.2. The van der Waals surface area contributed by atoms with Gasteiger partial charge in [0.2, 0.25) is 5.91 Å². The second-order valence-corrected chi connectivity index (χ2v) is 8.25. The quantitative estimate of drug-likeness (QED) is 0.770. The SMILES string of the molecule is NS(=O)(=O)Oc1ccccc1CC(=O)N1CCC(c2ccccc2C(F)(F)F)CC1. The number of para-hydroxylation sites is 1. The molecule has 6 nitrogen and oxygen atoms in total. The molecule has 1 amide bonds. The van der Waals surface area contributed by atoms with Gasteiger partial charge in [0, 0.05) is 18.7 Å². The number of hydrogen-bond acceptors (Lipinski definition) is 4. The van der Waals surface area contributed by atoms with Gasteiger partial charge >= 0.3 is 16.5 Å². The second-order valence-electron chi connectivity index (χ2n) is 7.10. The molecular weight excluding hydrogens is 421 g/mol. The van der Waals surface area contributed by atoms with Crippen molar-refractivity contribution in [3.63, 3.8) is 0 Å². The second kappa shape index (κ2) is 8.65. The van der Waals surface area contributed by atoms with Gasteiger partial charge < -0.3 is 9.08 Å². The summed E-state index contributed by atoms with van der Waals surface area (Å²) in [6.07, 6.45) is -3.70. The van der Waals surface area contributed by atoms with Gasteiger partial charge in [-0.05, 0) is 36.5 Å². The summed E-state index contributed by atoms with van der Waals surface area (Å²) in [5.41, 5.74) is -0.0195. The van der Waals surface area contributed by atoms with Gasteiger partial charge in [0.15, 0.2) is 0 Å². The lowest BCUT2D eigenvalue weighted by Crippen LogP contribution is -2.39. The van der Waals surface area contributed by atoms with Gasteiger partial charge in [-0.3, -0.25) is 4.79 Å². The molecule has 0 unspecified atom stereocenters. The van der Waals surface area contributed by atoms with Crippen molar-refractivity contribution in [1.82, 2.24) is 4.90 Å². The minimum Gasteiger partial charge on any atom is -0.371 e. The molecule has 0 bridgehead atoms.